The maximum absolute atomic E-state index is 9.76. The SMILES string of the molecule is CCCN(Cc1cc(C)c(O)c(C)c1)C(C)C. The van der Waals surface area contributed by atoms with E-state index in [-0.39, 0.29) is 0 Å². The van der Waals surface area contributed by atoms with Crippen molar-refractivity contribution in [1.82, 2.24) is 4.90 Å². The number of phenolic OH excluding ortho intramolecular Hbond substituents is 1. The normalized spacial score (nSPS) is 11.5. The van der Waals surface area contributed by atoms with Gasteiger partial charge in [0.05, 0.1) is 0 Å². The summed E-state index contributed by atoms with van der Waals surface area (Å²) in [6.45, 7) is 12.7. The number of nitrogens with zero attached hydrogens (tertiary/aromatic N) is 1. The molecule has 2 heteroatoms. The molecule has 2 nitrogen and oxygen atoms in total. The Morgan fingerprint density at radius 1 is 1.18 bits per heavy atom. The van der Waals surface area contributed by atoms with Gasteiger partial charge in [-0.05, 0) is 57.4 Å². The van der Waals surface area contributed by atoms with E-state index in [1.807, 2.05) is 13.8 Å². The summed E-state index contributed by atoms with van der Waals surface area (Å²) in [5.74, 6) is 0.431. The van der Waals surface area contributed by atoms with Gasteiger partial charge in [0, 0.05) is 12.6 Å². The van der Waals surface area contributed by atoms with Gasteiger partial charge in [-0.15, -0.1) is 0 Å². The van der Waals surface area contributed by atoms with Crippen LogP contribution < -0.4 is 0 Å². The Balaban J connectivity index is 2.86. The monoisotopic (exact) mass is 235 g/mol. The van der Waals surface area contributed by atoms with Crippen molar-refractivity contribution in [2.75, 3.05) is 6.54 Å². The number of hydrogen-bond donors (Lipinski definition) is 1. The second-order valence-electron chi connectivity index (χ2n) is 5.14. The highest BCUT2D eigenvalue weighted by atomic mass is 16.3. The first-order chi connectivity index (χ1) is 7.95. The Bertz CT molecular complexity index is 348. The first kappa shape index (κ1) is 14.0. The van der Waals surface area contributed by atoms with Gasteiger partial charge in [0.1, 0.15) is 5.75 Å². The Hall–Kier alpha value is -1.02. The summed E-state index contributed by atoms with van der Waals surface area (Å²) < 4.78 is 0. The predicted octanol–water partition coefficient (Wildman–Crippen LogP) is 3.63. The molecular weight excluding hydrogens is 210 g/mol. The molecule has 0 aromatic heterocycles. The lowest BCUT2D eigenvalue weighted by atomic mass is 10.0. The predicted molar refractivity (Wildman–Crippen MR) is 73.4 cm³/mol. The van der Waals surface area contributed by atoms with Crippen LogP contribution in [0.15, 0.2) is 12.1 Å². The maximum atomic E-state index is 9.76. The molecule has 1 rings (SSSR count). The van der Waals surface area contributed by atoms with E-state index >= 15 is 0 Å². The molecular formula is C15H25NO. The zero-order valence-electron chi connectivity index (χ0n) is 11.7. The van der Waals surface area contributed by atoms with E-state index in [2.05, 4.69) is 37.8 Å². The molecule has 0 unspecified atom stereocenters. The summed E-state index contributed by atoms with van der Waals surface area (Å²) in [4.78, 5) is 2.46. The van der Waals surface area contributed by atoms with Crippen LogP contribution in [-0.2, 0) is 6.54 Å². The summed E-state index contributed by atoms with van der Waals surface area (Å²) in [7, 11) is 0. The highest BCUT2D eigenvalue weighted by Gasteiger charge is 2.10. The van der Waals surface area contributed by atoms with E-state index < -0.39 is 0 Å². The lowest BCUT2D eigenvalue weighted by molar-refractivity contribution is 0.213. The number of hydrogen-bond acceptors (Lipinski definition) is 2. The minimum atomic E-state index is 0.431. The van der Waals surface area contributed by atoms with Crippen molar-refractivity contribution >= 4 is 0 Å². The molecule has 0 fully saturated rings. The zero-order valence-corrected chi connectivity index (χ0v) is 11.7. The van der Waals surface area contributed by atoms with E-state index in [4.69, 9.17) is 0 Å². The molecule has 17 heavy (non-hydrogen) atoms. The summed E-state index contributed by atoms with van der Waals surface area (Å²) in [6, 6.07) is 4.74. The van der Waals surface area contributed by atoms with Crippen LogP contribution in [0.1, 0.15) is 43.9 Å². The fraction of sp³-hybridized carbons (Fsp3) is 0.600. The number of rotatable bonds is 5. The third kappa shape index (κ3) is 3.74. The largest absolute Gasteiger partial charge is 0.507 e. The average Bonchev–Trinajstić information content (AvgIpc) is 2.25. The standard InChI is InChI=1S/C15H25NO/c1-6-7-16(11(2)3)10-14-8-12(4)15(17)13(5)9-14/h8-9,11,17H,6-7,10H2,1-5H3. The van der Waals surface area contributed by atoms with Crippen molar-refractivity contribution in [3.8, 4) is 5.75 Å². The van der Waals surface area contributed by atoms with E-state index in [9.17, 15) is 5.11 Å². The number of phenols is 1. The van der Waals surface area contributed by atoms with Crippen LogP contribution in [0.5, 0.6) is 5.75 Å². The van der Waals surface area contributed by atoms with E-state index in [0.717, 1.165) is 24.2 Å². The highest BCUT2D eigenvalue weighted by molar-refractivity contribution is 5.42. The zero-order chi connectivity index (χ0) is 13.0. The Labute approximate surface area is 105 Å². The van der Waals surface area contributed by atoms with Crippen molar-refractivity contribution in [2.45, 2.75) is 53.6 Å². The molecule has 0 amide bonds. The molecule has 0 spiro atoms. The molecule has 0 heterocycles. The molecule has 0 bridgehead atoms. The first-order valence-electron chi connectivity index (χ1n) is 6.48. The second-order valence-corrected chi connectivity index (χ2v) is 5.14. The van der Waals surface area contributed by atoms with Gasteiger partial charge >= 0.3 is 0 Å². The molecule has 0 aliphatic carbocycles. The molecule has 0 atom stereocenters. The molecule has 0 aliphatic heterocycles. The fourth-order valence-electron chi connectivity index (χ4n) is 2.18. The summed E-state index contributed by atoms with van der Waals surface area (Å²) in [5.41, 5.74) is 3.24. The van der Waals surface area contributed by atoms with Gasteiger partial charge in [-0.3, -0.25) is 4.90 Å². The average molecular weight is 235 g/mol. The molecule has 0 radical (unpaired) electrons. The van der Waals surface area contributed by atoms with Crippen LogP contribution in [-0.4, -0.2) is 22.6 Å². The van der Waals surface area contributed by atoms with Crippen molar-refractivity contribution in [1.29, 1.82) is 0 Å². The van der Waals surface area contributed by atoms with Crippen LogP contribution in [0.2, 0.25) is 0 Å². The second kappa shape index (κ2) is 6.06. The maximum Gasteiger partial charge on any atom is 0.121 e. The Morgan fingerprint density at radius 3 is 2.12 bits per heavy atom. The Kier molecular flexibility index (Phi) is 5.01. The van der Waals surface area contributed by atoms with Gasteiger partial charge in [-0.1, -0.05) is 19.1 Å². The van der Waals surface area contributed by atoms with E-state index in [0.29, 0.717) is 11.8 Å². The van der Waals surface area contributed by atoms with Crippen molar-refractivity contribution < 1.29 is 5.11 Å². The van der Waals surface area contributed by atoms with Gasteiger partial charge in [0.15, 0.2) is 0 Å². The van der Waals surface area contributed by atoms with Crippen LogP contribution in [0.4, 0.5) is 0 Å². The lowest BCUT2D eigenvalue weighted by Gasteiger charge is -2.26. The summed E-state index contributed by atoms with van der Waals surface area (Å²) in [5, 5.41) is 9.76. The number of aromatic hydroxyl groups is 1. The van der Waals surface area contributed by atoms with Crippen molar-refractivity contribution in [3.05, 3.63) is 28.8 Å². The van der Waals surface area contributed by atoms with Crippen LogP contribution in [0.25, 0.3) is 0 Å². The molecule has 1 N–H and O–H groups in total. The quantitative estimate of drug-likeness (QED) is 0.842. The molecule has 0 saturated heterocycles. The fourth-order valence-corrected chi connectivity index (χ4v) is 2.18. The molecule has 96 valence electrons. The topological polar surface area (TPSA) is 23.5 Å². The molecule has 1 aromatic rings. The molecule has 0 aliphatic rings. The van der Waals surface area contributed by atoms with Crippen molar-refractivity contribution in [3.63, 3.8) is 0 Å². The van der Waals surface area contributed by atoms with Crippen LogP contribution in [0.3, 0.4) is 0 Å². The minimum absolute atomic E-state index is 0.431. The minimum Gasteiger partial charge on any atom is -0.507 e. The van der Waals surface area contributed by atoms with Crippen LogP contribution >= 0.6 is 0 Å². The van der Waals surface area contributed by atoms with Gasteiger partial charge < -0.3 is 5.11 Å². The molecule has 1 aromatic carbocycles. The van der Waals surface area contributed by atoms with Gasteiger partial charge in [0.25, 0.3) is 0 Å². The summed E-state index contributed by atoms with van der Waals surface area (Å²) in [6.07, 6.45) is 1.17. The molecule has 0 saturated carbocycles. The highest BCUT2D eigenvalue weighted by Crippen LogP contribution is 2.24. The van der Waals surface area contributed by atoms with E-state index in [1.54, 1.807) is 0 Å². The number of benzene rings is 1. The van der Waals surface area contributed by atoms with Gasteiger partial charge in [-0.2, -0.15) is 0 Å². The smallest absolute Gasteiger partial charge is 0.121 e. The third-order valence-electron chi connectivity index (χ3n) is 3.18. The first-order valence-corrected chi connectivity index (χ1v) is 6.48. The van der Waals surface area contributed by atoms with Crippen LogP contribution in [0, 0.1) is 13.8 Å². The van der Waals surface area contributed by atoms with Gasteiger partial charge in [-0.25, -0.2) is 0 Å². The summed E-state index contributed by atoms with van der Waals surface area (Å²) >= 11 is 0. The third-order valence-corrected chi connectivity index (χ3v) is 3.18. The Morgan fingerprint density at radius 2 is 1.71 bits per heavy atom. The van der Waals surface area contributed by atoms with Crippen molar-refractivity contribution in [2.24, 2.45) is 0 Å². The lowest BCUT2D eigenvalue weighted by Crippen LogP contribution is -2.31. The van der Waals surface area contributed by atoms with Gasteiger partial charge in [0.2, 0.25) is 0 Å². The van der Waals surface area contributed by atoms with E-state index in [1.165, 1.54) is 12.0 Å². The number of aryl methyl sites for hydroxylation is 2.